The smallest absolute Gasteiger partial charge is 0.406 e. The maximum atomic E-state index is 13.9. The van der Waals surface area contributed by atoms with Gasteiger partial charge >= 0.3 is 6.36 Å². The van der Waals surface area contributed by atoms with Gasteiger partial charge in [-0.2, -0.15) is 0 Å². The molecule has 4 aromatic rings. The lowest BCUT2D eigenvalue weighted by atomic mass is 10.0. The van der Waals surface area contributed by atoms with Crippen LogP contribution in [0, 0.1) is 5.82 Å². The van der Waals surface area contributed by atoms with E-state index in [9.17, 15) is 22.4 Å². The normalized spacial score (nSPS) is 14.5. The summed E-state index contributed by atoms with van der Waals surface area (Å²) in [4.78, 5) is 23.8. The molecule has 5 rings (SSSR count). The number of amidine groups is 1. The summed E-state index contributed by atoms with van der Waals surface area (Å²) in [5, 5.41) is 5.02. The first kappa shape index (κ1) is 33.3. The zero-order valence-electron chi connectivity index (χ0n) is 25.1. The van der Waals surface area contributed by atoms with Crippen LogP contribution in [-0.4, -0.2) is 42.9 Å². The van der Waals surface area contributed by atoms with Crippen LogP contribution in [0.3, 0.4) is 0 Å². The lowest BCUT2D eigenvalue weighted by Gasteiger charge is -2.21. The number of nitrogens with zero attached hydrogens (tertiary/aromatic N) is 5. The van der Waals surface area contributed by atoms with Gasteiger partial charge in [0.15, 0.2) is 11.0 Å². The molecule has 3 aromatic carbocycles. The Morgan fingerprint density at radius 3 is 2.59 bits per heavy atom. The number of rotatable bonds is 11. The molecule has 1 amide bonds. The second-order valence-electron chi connectivity index (χ2n) is 11.0. The summed E-state index contributed by atoms with van der Waals surface area (Å²) >= 11 is 6.89. The van der Waals surface area contributed by atoms with Crippen LogP contribution < -0.4 is 9.64 Å². The third kappa shape index (κ3) is 8.58. The molecular formula is C33H31F4N5O2S2. The summed E-state index contributed by atoms with van der Waals surface area (Å²) in [5.74, 6) is 0.0445. The van der Waals surface area contributed by atoms with E-state index >= 15 is 0 Å². The standard InChI is InChI=1S/C33H31F4N5O2S2/c1-21(2)27-18-24(34)11-16-28(27)42-30(43)19-46-32(42)39-29(45)10-5-3-4-7-22-8-6-9-23(17-22)31-38-20-41(40-31)25-12-14-26(15-13-25)44-33(35,36)37/h6,8-9,11-18,20-21H,3-5,7,10,19H2,1-2H3. The van der Waals surface area contributed by atoms with Crippen LogP contribution in [0.2, 0.25) is 0 Å². The summed E-state index contributed by atoms with van der Waals surface area (Å²) < 4.78 is 56.6. The first-order valence-corrected chi connectivity index (χ1v) is 16.1. The predicted octanol–water partition coefficient (Wildman–Crippen LogP) is 8.66. The molecule has 0 atom stereocenters. The highest BCUT2D eigenvalue weighted by molar-refractivity contribution is 8.15. The summed E-state index contributed by atoms with van der Waals surface area (Å²) in [6.07, 6.45) is 0.935. The van der Waals surface area contributed by atoms with E-state index in [1.165, 1.54) is 59.2 Å². The third-order valence-corrected chi connectivity index (χ3v) is 8.42. The Morgan fingerprint density at radius 1 is 1.07 bits per heavy atom. The van der Waals surface area contributed by atoms with Crippen LogP contribution in [-0.2, 0) is 11.2 Å². The Morgan fingerprint density at radius 2 is 1.85 bits per heavy atom. The van der Waals surface area contributed by atoms with Crippen molar-refractivity contribution >= 4 is 45.7 Å². The quantitative estimate of drug-likeness (QED) is 0.0905. The summed E-state index contributed by atoms with van der Waals surface area (Å²) in [6, 6.07) is 17.8. The molecular weight excluding hydrogens is 639 g/mol. The van der Waals surface area contributed by atoms with Crippen LogP contribution >= 0.6 is 24.0 Å². The van der Waals surface area contributed by atoms with E-state index in [2.05, 4.69) is 19.8 Å². The molecule has 1 fully saturated rings. The minimum atomic E-state index is -4.75. The van der Waals surface area contributed by atoms with Crippen molar-refractivity contribution in [2.45, 2.75) is 58.2 Å². The highest BCUT2D eigenvalue weighted by Crippen LogP contribution is 2.34. The van der Waals surface area contributed by atoms with Crippen molar-refractivity contribution in [2.24, 2.45) is 4.99 Å². The molecule has 46 heavy (non-hydrogen) atoms. The largest absolute Gasteiger partial charge is 0.573 e. The van der Waals surface area contributed by atoms with Gasteiger partial charge in [0, 0.05) is 12.0 Å². The number of aliphatic imine (C=N–C) groups is 1. The molecule has 0 N–H and O–H groups in total. The minimum absolute atomic E-state index is 0.0303. The van der Waals surface area contributed by atoms with Gasteiger partial charge in [-0.3, -0.25) is 9.69 Å². The fraction of sp³-hybridized carbons (Fsp3) is 0.303. The number of thioether (sulfide) groups is 1. The molecule has 0 unspecified atom stereocenters. The number of hydrogen-bond donors (Lipinski definition) is 0. The fourth-order valence-corrected chi connectivity index (χ4v) is 6.18. The topological polar surface area (TPSA) is 72.6 Å². The van der Waals surface area contributed by atoms with E-state index in [4.69, 9.17) is 12.2 Å². The molecule has 0 saturated carbocycles. The Hall–Kier alpha value is -4.10. The number of aromatic nitrogens is 3. The number of thiocarbonyl (C=S) groups is 1. The van der Waals surface area contributed by atoms with E-state index in [-0.39, 0.29) is 29.1 Å². The Balaban J connectivity index is 1.12. The molecule has 1 aliphatic heterocycles. The number of unbranched alkanes of at least 4 members (excludes halogenated alkanes) is 2. The number of halogens is 4. The van der Waals surface area contributed by atoms with Crippen molar-refractivity contribution in [3.63, 3.8) is 0 Å². The van der Waals surface area contributed by atoms with Gasteiger partial charge in [-0.1, -0.05) is 62.4 Å². The molecule has 0 radical (unpaired) electrons. The Kier molecular flexibility index (Phi) is 10.5. The number of amides is 1. The van der Waals surface area contributed by atoms with Crippen molar-refractivity contribution in [1.29, 1.82) is 0 Å². The Labute approximate surface area is 273 Å². The molecule has 1 saturated heterocycles. The number of ether oxygens (including phenoxy) is 1. The number of benzene rings is 3. The van der Waals surface area contributed by atoms with Crippen molar-refractivity contribution < 1.29 is 27.1 Å². The van der Waals surface area contributed by atoms with E-state index in [1.807, 2.05) is 38.1 Å². The van der Waals surface area contributed by atoms with Gasteiger partial charge in [0.1, 0.15) is 22.9 Å². The number of aryl methyl sites for hydroxylation is 1. The maximum absolute atomic E-state index is 13.9. The van der Waals surface area contributed by atoms with Crippen molar-refractivity contribution in [3.05, 3.63) is 90.0 Å². The van der Waals surface area contributed by atoms with Gasteiger partial charge in [-0.15, -0.1) is 18.3 Å². The lowest BCUT2D eigenvalue weighted by Crippen LogP contribution is -2.31. The van der Waals surface area contributed by atoms with Gasteiger partial charge in [0.05, 0.1) is 17.1 Å². The number of anilines is 1. The van der Waals surface area contributed by atoms with Crippen LogP contribution in [0.5, 0.6) is 5.75 Å². The molecule has 1 aliphatic rings. The van der Waals surface area contributed by atoms with Crippen LogP contribution in [0.15, 0.2) is 78.0 Å². The molecule has 240 valence electrons. The van der Waals surface area contributed by atoms with Crippen LogP contribution in [0.4, 0.5) is 23.2 Å². The molecule has 13 heteroatoms. The SMILES string of the molecule is CC(C)c1cc(F)ccc1N1C(=O)CSC1=NC(=S)CCCCCc1cccc(-c2ncn(-c3ccc(OC(F)(F)F)cc3)n2)c1. The van der Waals surface area contributed by atoms with Crippen molar-refractivity contribution in [3.8, 4) is 22.8 Å². The predicted molar refractivity (Wildman–Crippen MR) is 176 cm³/mol. The Bertz CT molecular complexity index is 1740. The van der Waals surface area contributed by atoms with E-state index in [1.54, 1.807) is 11.0 Å². The minimum Gasteiger partial charge on any atom is -0.406 e. The summed E-state index contributed by atoms with van der Waals surface area (Å²) in [7, 11) is 0. The average Bonchev–Trinajstić information content (AvgIpc) is 3.64. The zero-order valence-corrected chi connectivity index (χ0v) is 26.8. The van der Waals surface area contributed by atoms with Gasteiger partial charge in [-0.25, -0.2) is 19.0 Å². The number of carbonyl (C=O) groups is 1. The third-order valence-electron chi connectivity index (χ3n) is 7.21. The van der Waals surface area contributed by atoms with Crippen molar-refractivity contribution in [2.75, 3.05) is 10.7 Å². The number of carbonyl (C=O) groups excluding carboxylic acids is 1. The highest BCUT2D eigenvalue weighted by atomic mass is 32.2. The molecule has 0 bridgehead atoms. The number of alkyl halides is 3. The van der Waals surface area contributed by atoms with Crippen molar-refractivity contribution in [1.82, 2.24) is 14.8 Å². The first-order valence-electron chi connectivity index (χ1n) is 14.7. The fourth-order valence-electron chi connectivity index (χ4n) is 5.00. The van der Waals surface area contributed by atoms with Gasteiger partial charge in [0.25, 0.3) is 0 Å². The average molecular weight is 670 g/mol. The molecule has 0 spiro atoms. The van der Waals surface area contributed by atoms with E-state index in [0.717, 1.165) is 42.4 Å². The second-order valence-corrected chi connectivity index (χ2v) is 12.4. The molecule has 1 aromatic heterocycles. The van der Waals surface area contributed by atoms with E-state index < -0.39 is 6.36 Å². The second kappa shape index (κ2) is 14.5. The van der Waals surface area contributed by atoms with E-state index in [0.29, 0.717) is 33.8 Å². The monoisotopic (exact) mass is 669 g/mol. The molecule has 2 heterocycles. The highest BCUT2D eigenvalue weighted by Gasteiger charge is 2.32. The lowest BCUT2D eigenvalue weighted by molar-refractivity contribution is -0.274. The number of hydrogen-bond acceptors (Lipinski definition) is 6. The van der Waals surface area contributed by atoms with Gasteiger partial charge < -0.3 is 4.74 Å². The first-order chi connectivity index (χ1) is 22.0. The molecule has 0 aliphatic carbocycles. The zero-order chi connectivity index (χ0) is 32.8. The van der Waals surface area contributed by atoms with Gasteiger partial charge in [-0.05, 0) is 84.8 Å². The molecule has 7 nitrogen and oxygen atoms in total. The van der Waals surface area contributed by atoms with Crippen LogP contribution in [0.25, 0.3) is 17.1 Å². The summed E-state index contributed by atoms with van der Waals surface area (Å²) in [5.41, 5.74) is 3.90. The summed E-state index contributed by atoms with van der Waals surface area (Å²) in [6.45, 7) is 3.92. The maximum Gasteiger partial charge on any atom is 0.573 e. The van der Waals surface area contributed by atoms with Crippen LogP contribution in [0.1, 0.15) is 56.6 Å². The van der Waals surface area contributed by atoms with Gasteiger partial charge in [0.2, 0.25) is 5.91 Å².